The molecule has 100 valence electrons. The SMILES string of the molecule is c1nc(N2CCC3(CCNC3)CC2)c2[nH]cnc2n1. The number of piperidine rings is 1. The number of aromatic nitrogens is 4. The molecule has 4 heterocycles. The first-order chi connectivity index (χ1) is 9.36. The first kappa shape index (κ1) is 11.2. The van der Waals surface area contributed by atoms with E-state index >= 15 is 0 Å². The van der Waals surface area contributed by atoms with Gasteiger partial charge in [0.05, 0.1) is 6.33 Å². The van der Waals surface area contributed by atoms with Crippen LogP contribution in [0.3, 0.4) is 0 Å². The summed E-state index contributed by atoms with van der Waals surface area (Å²) >= 11 is 0. The molecule has 0 saturated carbocycles. The fraction of sp³-hybridized carbons (Fsp3) is 0.615. The molecule has 0 atom stereocenters. The monoisotopic (exact) mass is 258 g/mol. The van der Waals surface area contributed by atoms with Gasteiger partial charge in [-0.05, 0) is 31.2 Å². The highest BCUT2D eigenvalue weighted by Crippen LogP contribution is 2.38. The molecule has 0 aliphatic carbocycles. The Labute approximate surface area is 111 Å². The Morgan fingerprint density at radius 2 is 2.00 bits per heavy atom. The molecule has 6 heteroatoms. The average Bonchev–Trinajstić information content (AvgIpc) is 3.09. The largest absolute Gasteiger partial charge is 0.355 e. The van der Waals surface area contributed by atoms with Crippen molar-refractivity contribution in [1.82, 2.24) is 25.3 Å². The Hall–Kier alpha value is -1.69. The summed E-state index contributed by atoms with van der Waals surface area (Å²) in [5.74, 6) is 1.00. The highest BCUT2D eigenvalue weighted by molar-refractivity contribution is 5.82. The van der Waals surface area contributed by atoms with Gasteiger partial charge in [-0.1, -0.05) is 0 Å². The number of aromatic amines is 1. The summed E-state index contributed by atoms with van der Waals surface area (Å²) in [5.41, 5.74) is 2.26. The second kappa shape index (κ2) is 4.16. The molecule has 0 unspecified atom stereocenters. The smallest absolute Gasteiger partial charge is 0.182 e. The van der Waals surface area contributed by atoms with E-state index in [2.05, 4.69) is 30.2 Å². The van der Waals surface area contributed by atoms with Crippen LogP contribution in [-0.4, -0.2) is 46.1 Å². The summed E-state index contributed by atoms with van der Waals surface area (Å²) in [5, 5.41) is 3.50. The number of rotatable bonds is 1. The van der Waals surface area contributed by atoms with Gasteiger partial charge in [0.25, 0.3) is 0 Å². The molecule has 2 aliphatic heterocycles. The van der Waals surface area contributed by atoms with Crippen LogP contribution in [0.15, 0.2) is 12.7 Å². The Kier molecular flexibility index (Phi) is 2.44. The molecule has 4 rings (SSSR count). The van der Waals surface area contributed by atoms with Crippen molar-refractivity contribution in [2.45, 2.75) is 19.3 Å². The van der Waals surface area contributed by atoms with E-state index in [1.54, 1.807) is 12.7 Å². The standard InChI is InChI=1S/C13H18N6/c1-4-14-7-13(1)2-5-19(6-3-13)12-10-11(16-8-15-10)17-9-18-12/h8-9,14H,1-7H2,(H,15,16,17,18). The van der Waals surface area contributed by atoms with Crippen molar-refractivity contribution in [3.63, 3.8) is 0 Å². The van der Waals surface area contributed by atoms with Crippen molar-refractivity contribution >= 4 is 17.0 Å². The molecule has 0 aromatic carbocycles. The summed E-state index contributed by atoms with van der Waals surface area (Å²) < 4.78 is 0. The molecule has 19 heavy (non-hydrogen) atoms. The Morgan fingerprint density at radius 1 is 1.11 bits per heavy atom. The lowest BCUT2D eigenvalue weighted by Crippen LogP contribution is -2.41. The Bertz CT molecular complexity index is 576. The van der Waals surface area contributed by atoms with Crippen molar-refractivity contribution in [2.75, 3.05) is 31.1 Å². The summed E-state index contributed by atoms with van der Waals surface area (Å²) in [7, 11) is 0. The number of fused-ring (bicyclic) bond motifs is 1. The third-order valence-corrected chi connectivity index (χ3v) is 4.66. The fourth-order valence-corrected chi connectivity index (χ4v) is 3.41. The number of anilines is 1. The van der Waals surface area contributed by atoms with Gasteiger partial charge in [-0.3, -0.25) is 0 Å². The highest BCUT2D eigenvalue weighted by atomic mass is 15.2. The molecule has 0 radical (unpaired) electrons. The van der Waals surface area contributed by atoms with Gasteiger partial charge in [0.1, 0.15) is 11.8 Å². The molecular formula is C13H18N6. The lowest BCUT2D eigenvalue weighted by Gasteiger charge is -2.39. The second-order valence-electron chi connectivity index (χ2n) is 5.71. The van der Waals surface area contributed by atoms with Crippen LogP contribution in [0.2, 0.25) is 0 Å². The van der Waals surface area contributed by atoms with E-state index in [1.807, 2.05) is 0 Å². The Morgan fingerprint density at radius 3 is 2.79 bits per heavy atom. The molecule has 0 amide bonds. The van der Waals surface area contributed by atoms with Gasteiger partial charge >= 0.3 is 0 Å². The first-order valence-corrected chi connectivity index (χ1v) is 6.96. The molecule has 2 N–H and O–H groups in total. The van der Waals surface area contributed by atoms with Gasteiger partial charge in [-0.15, -0.1) is 0 Å². The van der Waals surface area contributed by atoms with Gasteiger partial charge < -0.3 is 15.2 Å². The summed E-state index contributed by atoms with van der Waals surface area (Å²) in [4.78, 5) is 18.3. The number of nitrogens with one attached hydrogen (secondary N) is 2. The van der Waals surface area contributed by atoms with Crippen molar-refractivity contribution in [3.8, 4) is 0 Å². The van der Waals surface area contributed by atoms with Crippen LogP contribution in [0.1, 0.15) is 19.3 Å². The van der Waals surface area contributed by atoms with E-state index in [9.17, 15) is 0 Å². The van der Waals surface area contributed by atoms with Crippen LogP contribution in [0, 0.1) is 5.41 Å². The van der Waals surface area contributed by atoms with Crippen LogP contribution in [-0.2, 0) is 0 Å². The maximum absolute atomic E-state index is 4.45. The molecule has 6 nitrogen and oxygen atoms in total. The molecular weight excluding hydrogens is 240 g/mol. The molecule has 2 fully saturated rings. The van der Waals surface area contributed by atoms with Crippen molar-refractivity contribution in [3.05, 3.63) is 12.7 Å². The fourth-order valence-electron chi connectivity index (χ4n) is 3.41. The van der Waals surface area contributed by atoms with Crippen molar-refractivity contribution < 1.29 is 0 Å². The van der Waals surface area contributed by atoms with E-state index in [-0.39, 0.29) is 0 Å². The molecule has 0 bridgehead atoms. The van der Waals surface area contributed by atoms with Gasteiger partial charge in [-0.2, -0.15) is 0 Å². The van der Waals surface area contributed by atoms with Crippen molar-refractivity contribution in [1.29, 1.82) is 0 Å². The minimum absolute atomic E-state index is 0.538. The first-order valence-electron chi connectivity index (χ1n) is 6.96. The van der Waals surface area contributed by atoms with E-state index < -0.39 is 0 Å². The van der Waals surface area contributed by atoms with Crippen LogP contribution in [0.5, 0.6) is 0 Å². The van der Waals surface area contributed by atoms with E-state index in [4.69, 9.17) is 0 Å². The zero-order chi connectivity index (χ0) is 12.7. The predicted octanol–water partition coefficient (Wildman–Crippen LogP) is 0.933. The zero-order valence-electron chi connectivity index (χ0n) is 10.9. The van der Waals surface area contributed by atoms with Crippen LogP contribution in [0.25, 0.3) is 11.2 Å². The average molecular weight is 258 g/mol. The summed E-state index contributed by atoms with van der Waals surface area (Å²) in [6, 6.07) is 0. The normalized spacial score (nSPS) is 22.4. The predicted molar refractivity (Wildman–Crippen MR) is 73.1 cm³/mol. The van der Waals surface area contributed by atoms with E-state index in [0.717, 1.165) is 30.1 Å². The number of nitrogens with zero attached hydrogens (tertiary/aromatic N) is 4. The number of hydrogen-bond acceptors (Lipinski definition) is 5. The molecule has 2 saturated heterocycles. The van der Waals surface area contributed by atoms with Gasteiger partial charge in [0.15, 0.2) is 11.5 Å². The highest BCUT2D eigenvalue weighted by Gasteiger charge is 2.37. The van der Waals surface area contributed by atoms with Gasteiger partial charge in [-0.25, -0.2) is 15.0 Å². The second-order valence-corrected chi connectivity index (χ2v) is 5.71. The van der Waals surface area contributed by atoms with Crippen LogP contribution < -0.4 is 10.2 Å². The third kappa shape index (κ3) is 1.78. The summed E-state index contributed by atoms with van der Waals surface area (Å²) in [6.07, 6.45) is 7.12. The maximum atomic E-state index is 4.45. The van der Waals surface area contributed by atoms with Crippen LogP contribution >= 0.6 is 0 Å². The molecule has 2 aromatic heterocycles. The van der Waals surface area contributed by atoms with Gasteiger partial charge in [0.2, 0.25) is 0 Å². The maximum Gasteiger partial charge on any atom is 0.182 e. The topological polar surface area (TPSA) is 69.7 Å². The molecule has 2 aliphatic rings. The number of hydrogen-bond donors (Lipinski definition) is 2. The lowest BCUT2D eigenvalue weighted by molar-refractivity contribution is 0.247. The van der Waals surface area contributed by atoms with Crippen molar-refractivity contribution in [2.24, 2.45) is 5.41 Å². The summed E-state index contributed by atoms with van der Waals surface area (Å²) in [6.45, 7) is 4.52. The van der Waals surface area contributed by atoms with E-state index in [1.165, 1.54) is 32.4 Å². The quantitative estimate of drug-likeness (QED) is 0.796. The minimum Gasteiger partial charge on any atom is -0.355 e. The minimum atomic E-state index is 0.538. The third-order valence-electron chi connectivity index (χ3n) is 4.66. The Balaban J connectivity index is 1.59. The van der Waals surface area contributed by atoms with Crippen LogP contribution in [0.4, 0.5) is 5.82 Å². The number of imidazole rings is 1. The van der Waals surface area contributed by atoms with E-state index in [0.29, 0.717) is 5.41 Å². The molecule has 1 spiro atoms. The lowest BCUT2D eigenvalue weighted by atomic mass is 9.78. The molecule has 2 aromatic rings. The zero-order valence-corrected chi connectivity index (χ0v) is 10.9. The number of H-pyrrole nitrogens is 1. The van der Waals surface area contributed by atoms with Gasteiger partial charge in [0, 0.05) is 19.6 Å².